The minimum atomic E-state index is -0.958. The van der Waals surface area contributed by atoms with E-state index in [1.165, 1.54) is 6.42 Å². The zero-order valence-electron chi connectivity index (χ0n) is 11.1. The van der Waals surface area contributed by atoms with Gasteiger partial charge in [-0.1, -0.05) is 6.42 Å². The van der Waals surface area contributed by atoms with Crippen molar-refractivity contribution in [2.75, 3.05) is 19.0 Å². The van der Waals surface area contributed by atoms with Crippen LogP contribution in [0.3, 0.4) is 0 Å². The fraction of sp³-hybridized carbons (Fsp3) is 0.429. The normalized spacial score (nSPS) is 15.5. The second-order valence-corrected chi connectivity index (χ2v) is 5.29. The fourth-order valence-corrected chi connectivity index (χ4v) is 2.47. The van der Waals surface area contributed by atoms with E-state index in [2.05, 4.69) is 4.98 Å². The van der Waals surface area contributed by atoms with Gasteiger partial charge in [0, 0.05) is 26.2 Å². The standard InChI is InChI=1S/C14H17N3O2/c1-16(2)10-6-7-11-12(14(18)19)15-13(17(11)8-10)9-4-3-5-9/h6-9H,3-5H2,1-2H3,(H,18,19). The number of carbonyl (C=O) groups is 1. The molecule has 5 nitrogen and oxygen atoms in total. The molecule has 2 heterocycles. The van der Waals surface area contributed by atoms with Gasteiger partial charge < -0.3 is 14.4 Å². The molecule has 19 heavy (non-hydrogen) atoms. The molecule has 1 aliphatic carbocycles. The van der Waals surface area contributed by atoms with Crippen LogP contribution in [-0.2, 0) is 0 Å². The summed E-state index contributed by atoms with van der Waals surface area (Å²) < 4.78 is 1.95. The Kier molecular flexibility index (Phi) is 2.69. The van der Waals surface area contributed by atoms with E-state index < -0.39 is 5.97 Å². The minimum absolute atomic E-state index is 0.159. The lowest BCUT2D eigenvalue weighted by Gasteiger charge is -2.24. The third-order valence-corrected chi connectivity index (χ3v) is 3.84. The minimum Gasteiger partial charge on any atom is -0.476 e. The molecule has 3 rings (SSSR count). The van der Waals surface area contributed by atoms with Crippen molar-refractivity contribution in [3.05, 3.63) is 29.8 Å². The van der Waals surface area contributed by atoms with Crippen LogP contribution in [0.4, 0.5) is 5.69 Å². The van der Waals surface area contributed by atoms with Gasteiger partial charge in [-0.3, -0.25) is 0 Å². The predicted octanol–water partition coefficient (Wildman–Crippen LogP) is 2.37. The maximum absolute atomic E-state index is 11.3. The molecule has 1 saturated carbocycles. The van der Waals surface area contributed by atoms with Gasteiger partial charge in [-0.25, -0.2) is 9.78 Å². The van der Waals surface area contributed by atoms with Gasteiger partial charge in [-0.2, -0.15) is 0 Å². The number of pyridine rings is 1. The van der Waals surface area contributed by atoms with Crippen LogP contribution >= 0.6 is 0 Å². The largest absolute Gasteiger partial charge is 0.476 e. The summed E-state index contributed by atoms with van der Waals surface area (Å²) in [6.07, 6.45) is 5.38. The van der Waals surface area contributed by atoms with Gasteiger partial charge in [-0.15, -0.1) is 0 Å². The van der Waals surface area contributed by atoms with Gasteiger partial charge in [0.25, 0.3) is 0 Å². The number of hydrogen-bond donors (Lipinski definition) is 1. The van der Waals surface area contributed by atoms with E-state index in [9.17, 15) is 9.90 Å². The highest BCUT2D eigenvalue weighted by molar-refractivity contribution is 5.94. The van der Waals surface area contributed by atoms with E-state index in [-0.39, 0.29) is 5.69 Å². The third-order valence-electron chi connectivity index (χ3n) is 3.84. The Labute approximate surface area is 111 Å². The van der Waals surface area contributed by atoms with E-state index in [0.717, 1.165) is 24.4 Å². The van der Waals surface area contributed by atoms with Crippen molar-refractivity contribution in [2.45, 2.75) is 25.2 Å². The average Bonchev–Trinajstić information content (AvgIpc) is 2.66. The van der Waals surface area contributed by atoms with E-state index >= 15 is 0 Å². The van der Waals surface area contributed by atoms with Crippen LogP contribution in [0.25, 0.3) is 5.52 Å². The first-order valence-corrected chi connectivity index (χ1v) is 6.50. The van der Waals surface area contributed by atoms with Crippen LogP contribution in [-0.4, -0.2) is 34.6 Å². The van der Waals surface area contributed by atoms with Crippen molar-refractivity contribution >= 4 is 17.2 Å². The second kappa shape index (κ2) is 4.26. The van der Waals surface area contributed by atoms with Gasteiger partial charge in [-0.05, 0) is 25.0 Å². The van der Waals surface area contributed by atoms with E-state index in [0.29, 0.717) is 11.4 Å². The number of rotatable bonds is 3. The van der Waals surface area contributed by atoms with Crippen LogP contribution in [0.1, 0.15) is 41.5 Å². The highest BCUT2D eigenvalue weighted by atomic mass is 16.4. The van der Waals surface area contributed by atoms with Crippen molar-refractivity contribution in [1.82, 2.24) is 9.38 Å². The van der Waals surface area contributed by atoms with Crippen LogP contribution in [0.15, 0.2) is 18.3 Å². The van der Waals surface area contributed by atoms with Crippen molar-refractivity contribution in [3.8, 4) is 0 Å². The molecule has 0 atom stereocenters. The quantitative estimate of drug-likeness (QED) is 0.919. The highest BCUT2D eigenvalue weighted by Gasteiger charge is 2.27. The van der Waals surface area contributed by atoms with Gasteiger partial charge in [0.15, 0.2) is 5.69 Å². The SMILES string of the molecule is CN(C)c1ccc2c(C(=O)O)nc(C3CCC3)n2c1. The van der Waals surface area contributed by atoms with E-state index in [1.54, 1.807) is 0 Å². The number of aromatic carboxylic acids is 1. The van der Waals surface area contributed by atoms with E-state index in [4.69, 9.17) is 0 Å². The summed E-state index contributed by atoms with van der Waals surface area (Å²) >= 11 is 0. The molecule has 2 aromatic heterocycles. The van der Waals surface area contributed by atoms with Crippen molar-refractivity contribution in [2.24, 2.45) is 0 Å². The van der Waals surface area contributed by atoms with Crippen molar-refractivity contribution in [3.63, 3.8) is 0 Å². The molecule has 2 aromatic rings. The van der Waals surface area contributed by atoms with Crippen LogP contribution in [0.2, 0.25) is 0 Å². The number of imidazole rings is 1. The maximum Gasteiger partial charge on any atom is 0.356 e. The Morgan fingerprint density at radius 3 is 2.68 bits per heavy atom. The Morgan fingerprint density at radius 2 is 2.16 bits per heavy atom. The zero-order chi connectivity index (χ0) is 13.6. The van der Waals surface area contributed by atoms with Crippen molar-refractivity contribution < 1.29 is 9.90 Å². The Balaban J connectivity index is 2.22. The summed E-state index contributed by atoms with van der Waals surface area (Å²) in [5, 5.41) is 9.26. The maximum atomic E-state index is 11.3. The summed E-state index contributed by atoms with van der Waals surface area (Å²) in [4.78, 5) is 17.7. The summed E-state index contributed by atoms with van der Waals surface area (Å²) in [5.41, 5.74) is 1.88. The number of nitrogens with zero attached hydrogens (tertiary/aromatic N) is 3. The zero-order valence-corrected chi connectivity index (χ0v) is 11.1. The third kappa shape index (κ3) is 1.85. The molecule has 0 bridgehead atoms. The summed E-state index contributed by atoms with van der Waals surface area (Å²) in [6, 6.07) is 3.77. The average molecular weight is 259 g/mol. The van der Waals surface area contributed by atoms with E-state index in [1.807, 2.05) is 41.7 Å². The van der Waals surface area contributed by atoms with Crippen LogP contribution in [0.5, 0.6) is 0 Å². The second-order valence-electron chi connectivity index (χ2n) is 5.29. The summed E-state index contributed by atoms with van der Waals surface area (Å²) in [7, 11) is 3.94. The van der Waals surface area contributed by atoms with Gasteiger partial charge >= 0.3 is 5.97 Å². The first-order chi connectivity index (χ1) is 9.08. The van der Waals surface area contributed by atoms with Gasteiger partial charge in [0.2, 0.25) is 0 Å². The molecule has 0 spiro atoms. The molecule has 100 valence electrons. The monoisotopic (exact) mass is 259 g/mol. The number of anilines is 1. The number of carboxylic acids is 1. The lowest BCUT2D eigenvalue weighted by Crippen LogP contribution is -2.14. The molecule has 1 N–H and O–H groups in total. The predicted molar refractivity (Wildman–Crippen MR) is 73.1 cm³/mol. The van der Waals surface area contributed by atoms with Crippen LogP contribution < -0.4 is 4.90 Å². The topological polar surface area (TPSA) is 57.8 Å². The van der Waals surface area contributed by atoms with Crippen molar-refractivity contribution in [1.29, 1.82) is 0 Å². The Hall–Kier alpha value is -2.04. The summed E-state index contributed by atoms with van der Waals surface area (Å²) in [5.74, 6) is 0.334. The smallest absolute Gasteiger partial charge is 0.356 e. The number of fused-ring (bicyclic) bond motifs is 1. The molecule has 0 saturated heterocycles. The first-order valence-electron chi connectivity index (χ1n) is 6.50. The molecule has 0 unspecified atom stereocenters. The fourth-order valence-electron chi connectivity index (χ4n) is 2.47. The molecule has 0 aromatic carbocycles. The molecule has 0 amide bonds. The molecule has 0 aliphatic heterocycles. The number of carboxylic acid groups (broad SMARTS) is 1. The molecular formula is C14H17N3O2. The highest BCUT2D eigenvalue weighted by Crippen LogP contribution is 2.37. The lowest BCUT2D eigenvalue weighted by atomic mass is 9.85. The number of hydrogen-bond acceptors (Lipinski definition) is 3. The Morgan fingerprint density at radius 1 is 1.42 bits per heavy atom. The molecule has 0 radical (unpaired) electrons. The van der Waals surface area contributed by atoms with Gasteiger partial charge in [0.05, 0.1) is 11.2 Å². The Bertz CT molecular complexity index is 641. The molecule has 1 aliphatic rings. The van der Waals surface area contributed by atoms with Gasteiger partial charge in [0.1, 0.15) is 5.82 Å². The summed E-state index contributed by atoms with van der Waals surface area (Å²) in [6.45, 7) is 0. The lowest BCUT2D eigenvalue weighted by molar-refractivity contribution is 0.0693. The first kappa shape index (κ1) is 12.0. The molecule has 5 heteroatoms. The number of aromatic nitrogens is 2. The van der Waals surface area contributed by atoms with Crippen LogP contribution in [0, 0.1) is 0 Å². The molecular weight excluding hydrogens is 242 g/mol. The molecule has 1 fully saturated rings.